The van der Waals surface area contributed by atoms with E-state index in [1.807, 2.05) is 0 Å². The molecule has 7 heteroatoms. The summed E-state index contributed by atoms with van der Waals surface area (Å²) in [6, 6.07) is 1.49. The molecular formula is C7H4ClN3O2S. The fourth-order valence-corrected chi connectivity index (χ4v) is 1.47. The highest BCUT2D eigenvalue weighted by Crippen LogP contribution is 2.19. The molecule has 0 atom stereocenters. The van der Waals surface area contributed by atoms with Gasteiger partial charge >= 0.3 is 0 Å². The summed E-state index contributed by atoms with van der Waals surface area (Å²) in [5.74, 6) is -0.338. The first-order valence-electron chi connectivity index (χ1n) is 3.59. The summed E-state index contributed by atoms with van der Waals surface area (Å²) in [4.78, 5) is 11.5. The first-order valence-corrected chi connectivity index (χ1v) is 4.74. The van der Waals surface area contributed by atoms with Crippen LogP contribution in [0.1, 0.15) is 10.4 Å². The zero-order valence-corrected chi connectivity index (χ0v) is 8.30. The molecule has 0 aliphatic carbocycles. The summed E-state index contributed by atoms with van der Waals surface area (Å²) < 4.78 is 8.38. The lowest BCUT2D eigenvalue weighted by Crippen LogP contribution is -2.10. The van der Waals surface area contributed by atoms with Crippen LogP contribution in [0.3, 0.4) is 0 Å². The molecule has 1 N–H and O–H groups in total. The number of amides is 1. The third-order valence-electron chi connectivity index (χ3n) is 1.46. The van der Waals surface area contributed by atoms with Crippen molar-refractivity contribution in [1.82, 2.24) is 9.59 Å². The summed E-state index contributed by atoms with van der Waals surface area (Å²) in [5.41, 5.74) is 0.292. The van der Waals surface area contributed by atoms with Gasteiger partial charge in [-0.3, -0.25) is 4.79 Å². The maximum Gasteiger partial charge on any atom is 0.261 e. The van der Waals surface area contributed by atoms with Crippen LogP contribution in [0, 0.1) is 0 Å². The van der Waals surface area contributed by atoms with Crippen LogP contribution < -0.4 is 5.32 Å². The number of rotatable bonds is 2. The Labute approximate surface area is 87.9 Å². The molecule has 1 amide bonds. The van der Waals surface area contributed by atoms with Gasteiger partial charge in [-0.25, -0.2) is 0 Å². The standard InChI is InChI=1S/C7H4ClN3O2S/c8-6-4(1-2-13-6)7(12)10-5-3-9-11-14-5/h1-3H,(H,10,12). The molecule has 72 valence electrons. The molecule has 5 nitrogen and oxygen atoms in total. The Morgan fingerprint density at radius 3 is 3.07 bits per heavy atom. The fourth-order valence-electron chi connectivity index (χ4n) is 0.857. The van der Waals surface area contributed by atoms with Crippen LogP contribution in [-0.2, 0) is 0 Å². The summed E-state index contributed by atoms with van der Waals surface area (Å²) in [7, 11) is 0. The summed E-state index contributed by atoms with van der Waals surface area (Å²) in [6.45, 7) is 0. The number of aromatic nitrogens is 2. The second-order valence-electron chi connectivity index (χ2n) is 2.34. The van der Waals surface area contributed by atoms with Crippen molar-refractivity contribution in [2.24, 2.45) is 0 Å². The molecular weight excluding hydrogens is 226 g/mol. The van der Waals surface area contributed by atoms with Gasteiger partial charge in [0.15, 0.2) is 0 Å². The highest BCUT2D eigenvalue weighted by atomic mass is 35.5. The Kier molecular flexibility index (Phi) is 2.47. The lowest BCUT2D eigenvalue weighted by atomic mass is 10.3. The normalized spacial score (nSPS) is 10.1. The van der Waals surface area contributed by atoms with Crippen molar-refractivity contribution in [3.63, 3.8) is 0 Å². The van der Waals surface area contributed by atoms with Crippen LogP contribution in [0.15, 0.2) is 22.9 Å². The third-order valence-corrected chi connectivity index (χ3v) is 2.33. The predicted molar refractivity (Wildman–Crippen MR) is 51.6 cm³/mol. The van der Waals surface area contributed by atoms with Crippen molar-refractivity contribution in [3.8, 4) is 0 Å². The Bertz CT molecular complexity index is 439. The topological polar surface area (TPSA) is 68.0 Å². The Hall–Kier alpha value is -1.40. The molecule has 2 aromatic rings. The number of nitrogens with one attached hydrogen (secondary N) is 1. The van der Waals surface area contributed by atoms with Crippen LogP contribution >= 0.6 is 23.1 Å². The molecule has 0 unspecified atom stereocenters. The van der Waals surface area contributed by atoms with Crippen molar-refractivity contribution in [2.75, 3.05) is 5.32 Å². The summed E-state index contributed by atoms with van der Waals surface area (Å²) >= 11 is 6.71. The van der Waals surface area contributed by atoms with E-state index >= 15 is 0 Å². The minimum absolute atomic E-state index is 0.0694. The first-order chi connectivity index (χ1) is 6.77. The molecule has 2 rings (SSSR count). The van der Waals surface area contributed by atoms with E-state index in [1.54, 1.807) is 0 Å². The number of anilines is 1. The Morgan fingerprint density at radius 1 is 1.64 bits per heavy atom. The lowest BCUT2D eigenvalue weighted by Gasteiger charge is -1.97. The second-order valence-corrected chi connectivity index (χ2v) is 3.47. The molecule has 0 spiro atoms. The quantitative estimate of drug-likeness (QED) is 0.856. The number of furan rings is 1. The molecule has 2 heterocycles. The van der Waals surface area contributed by atoms with Gasteiger partial charge in [-0.1, -0.05) is 4.49 Å². The summed E-state index contributed by atoms with van der Waals surface area (Å²) in [5, 5.41) is 6.78. The first kappa shape index (κ1) is 9.17. The van der Waals surface area contributed by atoms with Crippen molar-refractivity contribution >= 4 is 34.0 Å². The van der Waals surface area contributed by atoms with Gasteiger partial charge in [-0.15, -0.1) is 5.10 Å². The molecule has 0 saturated heterocycles. The Balaban J connectivity index is 2.14. The largest absolute Gasteiger partial charge is 0.452 e. The van der Waals surface area contributed by atoms with E-state index in [-0.39, 0.29) is 11.1 Å². The van der Waals surface area contributed by atoms with Crippen molar-refractivity contribution in [1.29, 1.82) is 0 Å². The smallest absolute Gasteiger partial charge is 0.261 e. The molecule has 0 bridgehead atoms. The third kappa shape index (κ3) is 1.75. The van der Waals surface area contributed by atoms with Crippen LogP contribution in [0.4, 0.5) is 5.00 Å². The van der Waals surface area contributed by atoms with E-state index in [9.17, 15) is 4.79 Å². The van der Waals surface area contributed by atoms with Crippen molar-refractivity contribution in [3.05, 3.63) is 29.3 Å². The van der Waals surface area contributed by atoms with Gasteiger partial charge < -0.3 is 9.73 Å². The minimum atomic E-state index is -0.338. The van der Waals surface area contributed by atoms with E-state index in [0.717, 1.165) is 11.5 Å². The number of nitrogens with zero attached hydrogens (tertiary/aromatic N) is 2. The lowest BCUT2D eigenvalue weighted by molar-refractivity contribution is 0.102. The van der Waals surface area contributed by atoms with E-state index in [4.69, 9.17) is 16.0 Å². The average molecular weight is 230 g/mol. The number of carbonyl (C=O) groups is 1. The van der Waals surface area contributed by atoms with Crippen molar-refractivity contribution < 1.29 is 9.21 Å². The maximum absolute atomic E-state index is 11.5. The van der Waals surface area contributed by atoms with Crippen LogP contribution in [0.25, 0.3) is 0 Å². The SMILES string of the molecule is O=C(Nc1cnns1)c1ccoc1Cl. The molecule has 0 fully saturated rings. The monoisotopic (exact) mass is 229 g/mol. The summed E-state index contributed by atoms with van der Waals surface area (Å²) in [6.07, 6.45) is 2.80. The molecule has 0 aromatic carbocycles. The van der Waals surface area contributed by atoms with Gasteiger partial charge in [0.25, 0.3) is 5.91 Å². The van der Waals surface area contributed by atoms with Crippen LogP contribution in [-0.4, -0.2) is 15.5 Å². The second kappa shape index (κ2) is 3.77. The molecule has 0 radical (unpaired) electrons. The number of carbonyl (C=O) groups excluding carboxylic acids is 1. The van der Waals surface area contributed by atoms with Gasteiger partial charge in [0.2, 0.25) is 5.22 Å². The highest BCUT2D eigenvalue weighted by Gasteiger charge is 2.13. The molecule has 0 saturated carbocycles. The number of halogens is 1. The van der Waals surface area contributed by atoms with E-state index < -0.39 is 0 Å². The number of hydrogen-bond acceptors (Lipinski definition) is 5. The average Bonchev–Trinajstić information content (AvgIpc) is 2.75. The fraction of sp³-hybridized carbons (Fsp3) is 0. The maximum atomic E-state index is 11.5. The predicted octanol–water partition coefficient (Wildman–Crippen LogP) is 2.04. The van der Waals surface area contributed by atoms with E-state index in [0.29, 0.717) is 10.6 Å². The van der Waals surface area contributed by atoms with Gasteiger partial charge in [0.05, 0.1) is 18.0 Å². The van der Waals surface area contributed by atoms with Crippen LogP contribution in [0.2, 0.25) is 5.22 Å². The molecule has 0 aliphatic rings. The van der Waals surface area contributed by atoms with Gasteiger partial charge in [-0.05, 0) is 17.7 Å². The van der Waals surface area contributed by atoms with E-state index in [2.05, 4.69) is 14.9 Å². The van der Waals surface area contributed by atoms with Gasteiger partial charge in [-0.2, -0.15) is 0 Å². The Morgan fingerprint density at radius 2 is 2.50 bits per heavy atom. The highest BCUT2D eigenvalue weighted by molar-refractivity contribution is 7.10. The van der Waals surface area contributed by atoms with E-state index in [1.165, 1.54) is 18.5 Å². The molecule has 0 aliphatic heterocycles. The number of hydrogen-bond donors (Lipinski definition) is 1. The minimum Gasteiger partial charge on any atom is -0.452 e. The van der Waals surface area contributed by atoms with Crippen molar-refractivity contribution in [2.45, 2.75) is 0 Å². The zero-order valence-electron chi connectivity index (χ0n) is 6.73. The molecule has 14 heavy (non-hydrogen) atoms. The molecule has 2 aromatic heterocycles. The zero-order chi connectivity index (χ0) is 9.97. The van der Waals surface area contributed by atoms with Gasteiger partial charge in [0.1, 0.15) is 5.00 Å². The van der Waals surface area contributed by atoms with Gasteiger partial charge in [0, 0.05) is 11.5 Å². The van der Waals surface area contributed by atoms with Crippen LogP contribution in [0.5, 0.6) is 0 Å².